The molecule has 30 heavy (non-hydrogen) atoms. The molecule has 0 fully saturated rings. The number of imidazole rings is 1. The summed E-state index contributed by atoms with van der Waals surface area (Å²) in [4.78, 5) is 19.8. The van der Waals surface area contributed by atoms with Crippen LogP contribution < -0.4 is 9.47 Å². The van der Waals surface area contributed by atoms with Crippen LogP contribution in [-0.4, -0.2) is 47.7 Å². The van der Waals surface area contributed by atoms with Crippen molar-refractivity contribution >= 4 is 16.9 Å². The normalized spacial score (nSPS) is 10.9. The van der Waals surface area contributed by atoms with E-state index in [1.165, 1.54) is 0 Å². The quantitative estimate of drug-likeness (QED) is 0.501. The van der Waals surface area contributed by atoms with Crippen molar-refractivity contribution in [1.82, 2.24) is 14.5 Å². The number of carbonyl (C=O) groups excluding carboxylic acids is 1. The highest BCUT2D eigenvalue weighted by Gasteiger charge is 2.18. The van der Waals surface area contributed by atoms with Crippen molar-refractivity contribution in [3.8, 4) is 11.5 Å². The molecule has 0 atom stereocenters. The second-order valence-electron chi connectivity index (χ2n) is 7.35. The van der Waals surface area contributed by atoms with Crippen LogP contribution in [0.5, 0.6) is 11.5 Å². The zero-order valence-electron chi connectivity index (χ0n) is 18.4. The molecule has 0 aliphatic rings. The highest BCUT2D eigenvalue weighted by atomic mass is 16.5. The number of ether oxygens (including phenoxy) is 2. The minimum absolute atomic E-state index is 0.135. The fraction of sp³-hybridized carbons (Fsp3) is 0.417. The molecule has 0 aliphatic heterocycles. The Balaban J connectivity index is 1.94. The molecular weight excluding hydrogens is 378 g/mol. The Morgan fingerprint density at radius 2 is 1.70 bits per heavy atom. The lowest BCUT2D eigenvalue weighted by molar-refractivity contribution is -0.131. The maximum Gasteiger partial charge on any atom is 0.242 e. The van der Waals surface area contributed by atoms with Crippen LogP contribution in [-0.2, 0) is 17.8 Å². The number of nitrogens with zero attached hydrogens (tertiary/aromatic N) is 3. The lowest BCUT2D eigenvalue weighted by Gasteiger charge is -2.22. The fourth-order valence-corrected chi connectivity index (χ4v) is 3.75. The molecule has 0 spiro atoms. The predicted molar refractivity (Wildman–Crippen MR) is 119 cm³/mol. The molecule has 0 bridgehead atoms. The molecule has 0 aliphatic carbocycles. The zero-order chi connectivity index (χ0) is 21.5. The number of aromatic nitrogens is 2. The standard InChI is InChI=1S/C24H31N3O3/c1-5-13-26(14-6-2)24(28)17-27-20-10-8-7-9-19(20)25-23(27)16-18-11-12-21(29-3)22(15-18)30-4/h7-12,15H,5-6,13-14,16-17H2,1-4H3. The van der Waals surface area contributed by atoms with Gasteiger partial charge in [0.05, 0.1) is 25.3 Å². The van der Waals surface area contributed by atoms with E-state index in [9.17, 15) is 4.79 Å². The third-order valence-corrected chi connectivity index (χ3v) is 5.18. The Bertz CT molecular complexity index is 991. The first-order valence-corrected chi connectivity index (χ1v) is 10.5. The van der Waals surface area contributed by atoms with Crippen molar-refractivity contribution in [2.75, 3.05) is 27.3 Å². The number of para-hydroxylation sites is 2. The summed E-state index contributed by atoms with van der Waals surface area (Å²) in [6.07, 6.45) is 2.51. The molecule has 1 heterocycles. The second-order valence-corrected chi connectivity index (χ2v) is 7.35. The number of hydrogen-bond donors (Lipinski definition) is 0. The summed E-state index contributed by atoms with van der Waals surface area (Å²) in [5.74, 6) is 2.38. The summed E-state index contributed by atoms with van der Waals surface area (Å²) >= 11 is 0. The predicted octanol–water partition coefficient (Wildman–Crippen LogP) is 4.29. The number of hydrogen-bond acceptors (Lipinski definition) is 4. The Labute approximate surface area is 178 Å². The second kappa shape index (κ2) is 10.1. The van der Waals surface area contributed by atoms with E-state index in [2.05, 4.69) is 13.8 Å². The van der Waals surface area contributed by atoms with Crippen molar-refractivity contribution in [2.45, 2.75) is 39.7 Å². The minimum atomic E-state index is 0.135. The summed E-state index contributed by atoms with van der Waals surface area (Å²) in [5.41, 5.74) is 2.93. The lowest BCUT2D eigenvalue weighted by atomic mass is 10.1. The van der Waals surface area contributed by atoms with E-state index >= 15 is 0 Å². The van der Waals surface area contributed by atoms with E-state index in [1.807, 2.05) is 51.9 Å². The Kier molecular flexibility index (Phi) is 7.33. The van der Waals surface area contributed by atoms with Crippen LogP contribution in [0.1, 0.15) is 38.1 Å². The van der Waals surface area contributed by atoms with E-state index in [4.69, 9.17) is 14.5 Å². The lowest BCUT2D eigenvalue weighted by Crippen LogP contribution is -2.35. The topological polar surface area (TPSA) is 56.6 Å². The minimum Gasteiger partial charge on any atom is -0.493 e. The SMILES string of the molecule is CCCN(CCC)C(=O)Cn1c(Cc2ccc(OC)c(OC)c2)nc2ccccc21. The molecule has 0 radical (unpaired) electrons. The van der Waals surface area contributed by atoms with Gasteiger partial charge in [0.2, 0.25) is 5.91 Å². The number of rotatable bonds is 10. The highest BCUT2D eigenvalue weighted by Crippen LogP contribution is 2.29. The number of benzene rings is 2. The van der Waals surface area contributed by atoms with Gasteiger partial charge in [0.15, 0.2) is 11.5 Å². The van der Waals surface area contributed by atoms with Crippen LogP contribution in [0.15, 0.2) is 42.5 Å². The van der Waals surface area contributed by atoms with Crippen LogP contribution in [0.4, 0.5) is 0 Å². The number of carbonyl (C=O) groups is 1. The van der Waals surface area contributed by atoms with Crippen LogP contribution in [0.3, 0.4) is 0 Å². The van der Waals surface area contributed by atoms with Crippen molar-refractivity contribution in [1.29, 1.82) is 0 Å². The zero-order valence-corrected chi connectivity index (χ0v) is 18.4. The van der Waals surface area contributed by atoms with Gasteiger partial charge in [0.1, 0.15) is 12.4 Å². The van der Waals surface area contributed by atoms with Gasteiger partial charge in [0, 0.05) is 19.5 Å². The van der Waals surface area contributed by atoms with Gasteiger partial charge < -0.3 is 18.9 Å². The van der Waals surface area contributed by atoms with E-state index in [0.717, 1.165) is 48.4 Å². The smallest absolute Gasteiger partial charge is 0.242 e. The van der Waals surface area contributed by atoms with Crippen LogP contribution >= 0.6 is 0 Å². The van der Waals surface area contributed by atoms with Crippen molar-refractivity contribution in [2.24, 2.45) is 0 Å². The summed E-state index contributed by atoms with van der Waals surface area (Å²) in [7, 11) is 3.26. The van der Waals surface area contributed by atoms with Crippen molar-refractivity contribution in [3.05, 3.63) is 53.9 Å². The van der Waals surface area contributed by atoms with Gasteiger partial charge in [-0.15, -0.1) is 0 Å². The van der Waals surface area contributed by atoms with E-state index < -0.39 is 0 Å². The monoisotopic (exact) mass is 409 g/mol. The van der Waals surface area contributed by atoms with Crippen molar-refractivity contribution < 1.29 is 14.3 Å². The Hall–Kier alpha value is -3.02. The van der Waals surface area contributed by atoms with Gasteiger partial charge in [-0.2, -0.15) is 0 Å². The molecular formula is C24H31N3O3. The maximum atomic E-state index is 13.1. The third-order valence-electron chi connectivity index (χ3n) is 5.18. The summed E-state index contributed by atoms with van der Waals surface area (Å²) in [6, 6.07) is 13.8. The summed E-state index contributed by atoms with van der Waals surface area (Å²) < 4.78 is 12.8. The number of fused-ring (bicyclic) bond motifs is 1. The van der Waals surface area contributed by atoms with E-state index in [0.29, 0.717) is 24.5 Å². The molecule has 3 aromatic rings. The molecule has 1 amide bonds. The van der Waals surface area contributed by atoms with Crippen LogP contribution in [0.2, 0.25) is 0 Å². The molecule has 1 aromatic heterocycles. The average Bonchev–Trinajstić information content (AvgIpc) is 3.10. The average molecular weight is 410 g/mol. The number of amides is 1. The summed E-state index contributed by atoms with van der Waals surface area (Å²) in [5, 5.41) is 0. The maximum absolute atomic E-state index is 13.1. The van der Waals surface area contributed by atoms with Gasteiger partial charge in [-0.1, -0.05) is 32.0 Å². The van der Waals surface area contributed by atoms with Crippen molar-refractivity contribution in [3.63, 3.8) is 0 Å². The molecule has 0 N–H and O–H groups in total. The third kappa shape index (κ3) is 4.75. The van der Waals surface area contributed by atoms with Gasteiger partial charge in [-0.25, -0.2) is 4.98 Å². The molecule has 6 nitrogen and oxygen atoms in total. The Morgan fingerprint density at radius 1 is 1.00 bits per heavy atom. The van der Waals surface area contributed by atoms with E-state index in [-0.39, 0.29) is 5.91 Å². The first kappa shape index (κ1) is 21.7. The largest absolute Gasteiger partial charge is 0.493 e. The first-order chi connectivity index (χ1) is 14.6. The van der Waals surface area contributed by atoms with Gasteiger partial charge in [0.25, 0.3) is 0 Å². The van der Waals surface area contributed by atoms with Gasteiger partial charge >= 0.3 is 0 Å². The van der Waals surface area contributed by atoms with Crippen LogP contribution in [0, 0.1) is 0 Å². The molecule has 0 saturated heterocycles. The number of methoxy groups -OCH3 is 2. The molecule has 160 valence electrons. The molecule has 0 saturated carbocycles. The first-order valence-electron chi connectivity index (χ1n) is 10.5. The van der Waals surface area contributed by atoms with Crippen LogP contribution in [0.25, 0.3) is 11.0 Å². The molecule has 0 unspecified atom stereocenters. The van der Waals surface area contributed by atoms with Gasteiger partial charge in [-0.05, 0) is 42.7 Å². The molecule has 3 rings (SSSR count). The molecule has 2 aromatic carbocycles. The Morgan fingerprint density at radius 3 is 2.37 bits per heavy atom. The molecule has 6 heteroatoms. The highest BCUT2D eigenvalue weighted by molar-refractivity contribution is 5.81. The summed E-state index contributed by atoms with van der Waals surface area (Å²) in [6.45, 7) is 6.06. The van der Waals surface area contributed by atoms with E-state index in [1.54, 1.807) is 14.2 Å². The van der Waals surface area contributed by atoms with Gasteiger partial charge in [-0.3, -0.25) is 4.79 Å². The fourth-order valence-electron chi connectivity index (χ4n) is 3.75.